The summed E-state index contributed by atoms with van der Waals surface area (Å²) in [7, 11) is 1.64. The van der Waals surface area contributed by atoms with Gasteiger partial charge in [0.2, 0.25) is 6.79 Å². The summed E-state index contributed by atoms with van der Waals surface area (Å²) in [6.07, 6.45) is 0. The molecule has 3 rings (SSSR count). The number of thioether (sulfide) groups is 1. The molecule has 0 atom stereocenters. The molecule has 0 radical (unpaired) electrons. The Morgan fingerprint density at radius 1 is 1.32 bits per heavy atom. The van der Waals surface area contributed by atoms with Crippen molar-refractivity contribution in [2.24, 2.45) is 10.7 Å². The van der Waals surface area contributed by atoms with Crippen molar-refractivity contribution >= 4 is 40.9 Å². The molecule has 8 heteroatoms. The van der Waals surface area contributed by atoms with Gasteiger partial charge in [-0.2, -0.15) is 0 Å². The van der Waals surface area contributed by atoms with Gasteiger partial charge in [0.1, 0.15) is 5.75 Å². The van der Waals surface area contributed by atoms with Crippen molar-refractivity contribution in [3.8, 4) is 17.2 Å². The number of ether oxygens (including phenoxy) is 3. The molecule has 0 saturated carbocycles. The van der Waals surface area contributed by atoms with E-state index in [0.717, 1.165) is 16.9 Å². The smallest absolute Gasteiger partial charge is 0.231 e. The maximum absolute atomic E-state index is 6.18. The molecule has 134 valence electrons. The quantitative estimate of drug-likeness (QED) is 0.600. The van der Waals surface area contributed by atoms with Crippen molar-refractivity contribution < 1.29 is 14.2 Å². The highest BCUT2D eigenvalue weighted by Gasteiger charge is 2.18. The fourth-order valence-corrected chi connectivity index (χ4v) is 3.23. The van der Waals surface area contributed by atoms with Crippen LogP contribution in [-0.2, 0) is 12.3 Å². The maximum atomic E-state index is 6.18. The van der Waals surface area contributed by atoms with Crippen molar-refractivity contribution in [3.63, 3.8) is 0 Å². The fourth-order valence-electron chi connectivity index (χ4n) is 2.30. The lowest BCUT2D eigenvalue weighted by atomic mass is 10.2. The lowest BCUT2D eigenvalue weighted by Crippen LogP contribution is -2.07. The minimum Gasteiger partial charge on any atom is -0.496 e. The Balaban J connectivity index is 0.00000225. The molecule has 0 spiro atoms. The molecule has 0 saturated heterocycles. The third-order valence-electron chi connectivity index (χ3n) is 3.47. The third kappa shape index (κ3) is 4.87. The summed E-state index contributed by atoms with van der Waals surface area (Å²) >= 11 is 7.62. The molecule has 1 aliphatic heterocycles. The first-order valence-electron chi connectivity index (χ1n) is 7.30. The van der Waals surface area contributed by atoms with Gasteiger partial charge in [-0.05, 0) is 23.8 Å². The van der Waals surface area contributed by atoms with Crippen LogP contribution in [0.15, 0.2) is 41.4 Å². The van der Waals surface area contributed by atoms with E-state index in [1.54, 1.807) is 7.11 Å². The number of amidine groups is 1. The van der Waals surface area contributed by atoms with Crippen LogP contribution in [0.2, 0.25) is 5.02 Å². The molecule has 25 heavy (non-hydrogen) atoms. The molecular formula is C17H18Cl2N2O3S. The lowest BCUT2D eigenvalue weighted by Gasteiger charge is -2.07. The van der Waals surface area contributed by atoms with Crippen LogP contribution in [-0.4, -0.2) is 19.1 Å². The summed E-state index contributed by atoms with van der Waals surface area (Å²) in [5.74, 6) is 2.73. The Morgan fingerprint density at radius 2 is 2.12 bits per heavy atom. The second-order valence-electron chi connectivity index (χ2n) is 5.07. The molecule has 0 unspecified atom stereocenters. The highest BCUT2D eigenvalue weighted by molar-refractivity contribution is 8.13. The van der Waals surface area contributed by atoms with Crippen LogP contribution in [0.4, 0.5) is 0 Å². The molecule has 2 aromatic rings. The molecule has 0 amide bonds. The van der Waals surface area contributed by atoms with Gasteiger partial charge >= 0.3 is 0 Å². The fraction of sp³-hybridized carbons (Fsp3) is 0.235. The lowest BCUT2D eigenvalue weighted by molar-refractivity contribution is 0.174. The number of rotatable bonds is 5. The Kier molecular flexibility index (Phi) is 7.11. The zero-order valence-electron chi connectivity index (χ0n) is 13.5. The Morgan fingerprint density at radius 3 is 2.92 bits per heavy atom. The molecular weight excluding hydrogens is 383 g/mol. The minimum absolute atomic E-state index is 0. The molecule has 1 heterocycles. The third-order valence-corrected chi connectivity index (χ3v) is 4.65. The Labute approximate surface area is 161 Å². The highest BCUT2D eigenvalue weighted by Crippen LogP contribution is 2.40. The van der Waals surface area contributed by atoms with Gasteiger partial charge in [0.05, 0.1) is 18.7 Å². The zero-order chi connectivity index (χ0) is 16.9. The summed E-state index contributed by atoms with van der Waals surface area (Å²) in [6.45, 7) is 0.679. The van der Waals surface area contributed by atoms with Crippen LogP contribution in [0.1, 0.15) is 11.1 Å². The first-order chi connectivity index (χ1) is 11.7. The summed E-state index contributed by atoms with van der Waals surface area (Å²) < 4.78 is 16.0. The van der Waals surface area contributed by atoms with E-state index in [0.29, 0.717) is 34.0 Å². The number of para-hydroxylation sites is 1. The monoisotopic (exact) mass is 400 g/mol. The van der Waals surface area contributed by atoms with E-state index in [1.165, 1.54) is 11.8 Å². The summed E-state index contributed by atoms with van der Waals surface area (Å²) in [5.41, 5.74) is 7.99. The predicted molar refractivity (Wildman–Crippen MR) is 104 cm³/mol. The Bertz CT molecular complexity index is 772. The van der Waals surface area contributed by atoms with Crippen molar-refractivity contribution in [1.82, 2.24) is 0 Å². The normalized spacial score (nSPS) is 12.6. The zero-order valence-corrected chi connectivity index (χ0v) is 15.9. The average molecular weight is 401 g/mol. The maximum Gasteiger partial charge on any atom is 0.231 e. The molecule has 0 bridgehead atoms. The van der Waals surface area contributed by atoms with Gasteiger partial charge in [-0.15, -0.1) is 12.4 Å². The van der Waals surface area contributed by atoms with Crippen LogP contribution in [0.25, 0.3) is 0 Å². The number of hydrogen-bond donors (Lipinski definition) is 1. The molecule has 1 aliphatic rings. The predicted octanol–water partition coefficient (Wildman–Crippen LogP) is 4.25. The van der Waals surface area contributed by atoms with Crippen LogP contribution in [0.3, 0.4) is 0 Å². The van der Waals surface area contributed by atoms with Gasteiger partial charge < -0.3 is 19.9 Å². The van der Waals surface area contributed by atoms with E-state index < -0.39 is 0 Å². The van der Waals surface area contributed by atoms with Crippen LogP contribution in [0.5, 0.6) is 17.2 Å². The van der Waals surface area contributed by atoms with Gasteiger partial charge in [-0.3, -0.25) is 4.99 Å². The van der Waals surface area contributed by atoms with Gasteiger partial charge in [0, 0.05) is 11.3 Å². The Hall–Kier alpha value is -1.76. The number of nitrogens with two attached hydrogens (primary N) is 1. The van der Waals surface area contributed by atoms with Crippen molar-refractivity contribution in [2.45, 2.75) is 12.3 Å². The van der Waals surface area contributed by atoms with Gasteiger partial charge in [0.25, 0.3) is 0 Å². The standard InChI is InChI=1S/C17H17ClN2O3S.ClH/c1-21-14-5-3-2-4-12(14)8-20-17(19)24-9-11-6-13(18)16-15(7-11)22-10-23-16;/h2-7H,8-10H2,1H3,(H2,19,20);1H. The van der Waals surface area contributed by atoms with Gasteiger partial charge in [-0.1, -0.05) is 41.6 Å². The first kappa shape index (κ1) is 19.6. The number of aliphatic imine (C=N–C) groups is 1. The van der Waals surface area contributed by atoms with Gasteiger partial charge in [-0.25, -0.2) is 0 Å². The second kappa shape index (κ2) is 9.08. The molecule has 2 N–H and O–H groups in total. The second-order valence-corrected chi connectivity index (χ2v) is 6.47. The van der Waals surface area contributed by atoms with E-state index in [1.807, 2.05) is 36.4 Å². The van der Waals surface area contributed by atoms with Gasteiger partial charge in [0.15, 0.2) is 16.7 Å². The first-order valence-corrected chi connectivity index (χ1v) is 8.66. The highest BCUT2D eigenvalue weighted by atomic mass is 35.5. The topological polar surface area (TPSA) is 66.1 Å². The van der Waals surface area contributed by atoms with E-state index in [9.17, 15) is 0 Å². The van der Waals surface area contributed by atoms with E-state index in [-0.39, 0.29) is 19.2 Å². The molecule has 0 fully saturated rings. The number of benzene rings is 2. The van der Waals surface area contributed by atoms with Crippen molar-refractivity contribution in [1.29, 1.82) is 0 Å². The van der Waals surface area contributed by atoms with Crippen LogP contribution < -0.4 is 19.9 Å². The molecule has 0 aromatic heterocycles. The molecule has 2 aromatic carbocycles. The number of methoxy groups -OCH3 is 1. The number of fused-ring (bicyclic) bond motifs is 1. The van der Waals surface area contributed by atoms with Crippen molar-refractivity contribution in [3.05, 3.63) is 52.5 Å². The van der Waals surface area contributed by atoms with Crippen LogP contribution in [0, 0.1) is 0 Å². The number of halogens is 2. The summed E-state index contributed by atoms with van der Waals surface area (Å²) in [6, 6.07) is 11.5. The largest absolute Gasteiger partial charge is 0.496 e. The van der Waals surface area contributed by atoms with Crippen molar-refractivity contribution in [2.75, 3.05) is 13.9 Å². The molecule has 5 nitrogen and oxygen atoms in total. The number of nitrogens with zero attached hydrogens (tertiary/aromatic N) is 1. The minimum atomic E-state index is 0. The average Bonchev–Trinajstić information content (AvgIpc) is 3.07. The van der Waals surface area contributed by atoms with E-state index in [4.69, 9.17) is 31.5 Å². The van der Waals surface area contributed by atoms with Crippen LogP contribution >= 0.6 is 35.8 Å². The number of hydrogen-bond acceptors (Lipinski definition) is 5. The summed E-state index contributed by atoms with van der Waals surface area (Å²) in [4.78, 5) is 4.40. The van der Waals surface area contributed by atoms with E-state index in [2.05, 4.69) is 4.99 Å². The summed E-state index contributed by atoms with van der Waals surface area (Å²) in [5, 5.41) is 1.06. The van der Waals surface area contributed by atoms with E-state index >= 15 is 0 Å². The SMILES string of the molecule is COc1ccccc1CN=C(N)SCc1cc(Cl)c2c(c1)OCO2.Cl. The molecule has 0 aliphatic carbocycles.